The van der Waals surface area contributed by atoms with Crippen LogP contribution in [0.3, 0.4) is 0 Å². The molecule has 2 rings (SSSR count). The molecule has 0 aliphatic heterocycles. The summed E-state index contributed by atoms with van der Waals surface area (Å²) in [7, 11) is 0. The Bertz CT molecular complexity index is 564. The van der Waals surface area contributed by atoms with Crippen molar-refractivity contribution < 1.29 is 9.53 Å². The summed E-state index contributed by atoms with van der Waals surface area (Å²) in [5.74, 6) is 1.28. The highest BCUT2D eigenvalue weighted by molar-refractivity contribution is 5.90. The lowest BCUT2D eigenvalue weighted by Gasteiger charge is -2.11. The summed E-state index contributed by atoms with van der Waals surface area (Å²) >= 11 is 0. The minimum atomic E-state index is -0.115. The first-order valence-corrected chi connectivity index (χ1v) is 5.76. The first-order chi connectivity index (χ1) is 8.65. The number of hydrogen-bond acceptors (Lipinski definition) is 2. The summed E-state index contributed by atoms with van der Waals surface area (Å²) in [6.45, 7) is 3.48. The Morgan fingerprint density at radius 3 is 2.61 bits per heavy atom. The number of hydrogen-bond donors (Lipinski definition) is 1. The van der Waals surface area contributed by atoms with Gasteiger partial charge in [0.15, 0.2) is 5.75 Å². The molecule has 0 aliphatic rings. The van der Waals surface area contributed by atoms with E-state index in [9.17, 15) is 4.79 Å². The fourth-order valence-corrected chi connectivity index (χ4v) is 1.65. The maximum absolute atomic E-state index is 11.1. The molecule has 18 heavy (non-hydrogen) atoms. The highest BCUT2D eigenvalue weighted by atomic mass is 16.5. The van der Waals surface area contributed by atoms with E-state index in [0.717, 1.165) is 11.3 Å². The highest BCUT2D eigenvalue weighted by Gasteiger charge is 2.05. The van der Waals surface area contributed by atoms with Crippen LogP contribution in [-0.4, -0.2) is 5.91 Å². The van der Waals surface area contributed by atoms with Crippen LogP contribution in [0.25, 0.3) is 0 Å². The van der Waals surface area contributed by atoms with Crippen molar-refractivity contribution in [2.75, 3.05) is 5.32 Å². The molecule has 3 nitrogen and oxygen atoms in total. The fourth-order valence-electron chi connectivity index (χ4n) is 1.65. The van der Waals surface area contributed by atoms with E-state index in [-0.39, 0.29) is 5.91 Å². The molecule has 0 saturated heterocycles. The molecule has 0 saturated carbocycles. The molecule has 0 radical (unpaired) electrons. The minimum Gasteiger partial charge on any atom is -0.455 e. The van der Waals surface area contributed by atoms with Crippen LogP contribution < -0.4 is 10.1 Å². The van der Waals surface area contributed by atoms with Gasteiger partial charge >= 0.3 is 0 Å². The predicted octanol–water partition coefficient (Wildman–Crippen LogP) is 3.75. The Balaban J connectivity index is 2.26. The molecule has 0 unspecified atom stereocenters. The normalized spacial score (nSPS) is 9.89. The maximum Gasteiger partial charge on any atom is 0.221 e. The average molecular weight is 241 g/mol. The largest absolute Gasteiger partial charge is 0.455 e. The molecule has 2 aromatic carbocycles. The van der Waals surface area contributed by atoms with Crippen molar-refractivity contribution in [2.45, 2.75) is 13.8 Å². The second-order valence-corrected chi connectivity index (χ2v) is 4.10. The van der Waals surface area contributed by atoms with Gasteiger partial charge in [0.25, 0.3) is 0 Å². The molecular weight excluding hydrogens is 226 g/mol. The molecule has 2 aromatic rings. The van der Waals surface area contributed by atoms with Gasteiger partial charge in [0.05, 0.1) is 5.69 Å². The molecule has 0 fully saturated rings. The summed E-state index contributed by atoms with van der Waals surface area (Å²) < 4.78 is 5.78. The number of amides is 1. The topological polar surface area (TPSA) is 38.3 Å². The Kier molecular flexibility index (Phi) is 3.63. The van der Waals surface area contributed by atoms with Crippen LogP contribution in [0.4, 0.5) is 5.69 Å². The second kappa shape index (κ2) is 5.36. The second-order valence-electron chi connectivity index (χ2n) is 4.10. The van der Waals surface area contributed by atoms with Crippen LogP contribution in [0.1, 0.15) is 12.5 Å². The summed E-state index contributed by atoms with van der Waals surface area (Å²) in [6, 6.07) is 15.1. The van der Waals surface area contributed by atoms with Crippen molar-refractivity contribution in [3.05, 3.63) is 54.1 Å². The van der Waals surface area contributed by atoms with Crippen molar-refractivity contribution in [3.8, 4) is 11.5 Å². The standard InChI is InChI=1S/C15H15NO2/c1-11-6-5-7-13(10-11)18-15-9-4-3-8-14(15)16-12(2)17/h3-10H,1-2H3,(H,16,17). The predicted molar refractivity (Wildman–Crippen MR) is 72.0 cm³/mol. The molecule has 1 amide bonds. The smallest absolute Gasteiger partial charge is 0.221 e. The lowest BCUT2D eigenvalue weighted by atomic mass is 10.2. The first-order valence-electron chi connectivity index (χ1n) is 5.76. The van der Waals surface area contributed by atoms with Crippen molar-refractivity contribution in [1.29, 1.82) is 0 Å². The van der Waals surface area contributed by atoms with E-state index in [1.54, 1.807) is 0 Å². The zero-order valence-electron chi connectivity index (χ0n) is 10.4. The molecule has 0 aromatic heterocycles. The SMILES string of the molecule is CC(=O)Nc1ccccc1Oc1cccc(C)c1. The zero-order valence-corrected chi connectivity index (χ0v) is 10.4. The monoisotopic (exact) mass is 241 g/mol. The van der Waals surface area contributed by atoms with E-state index in [4.69, 9.17) is 4.74 Å². The molecular formula is C15H15NO2. The Morgan fingerprint density at radius 1 is 1.11 bits per heavy atom. The Labute approximate surface area is 106 Å². The highest BCUT2D eigenvalue weighted by Crippen LogP contribution is 2.29. The minimum absolute atomic E-state index is 0.115. The maximum atomic E-state index is 11.1. The van der Waals surface area contributed by atoms with Crippen molar-refractivity contribution in [2.24, 2.45) is 0 Å². The molecule has 92 valence electrons. The zero-order chi connectivity index (χ0) is 13.0. The lowest BCUT2D eigenvalue weighted by molar-refractivity contribution is -0.114. The number of carbonyl (C=O) groups excluding carboxylic acids is 1. The average Bonchev–Trinajstić information content (AvgIpc) is 2.31. The van der Waals surface area contributed by atoms with Crippen LogP contribution in [0.15, 0.2) is 48.5 Å². The number of carbonyl (C=O) groups is 1. The fraction of sp³-hybridized carbons (Fsp3) is 0.133. The van der Waals surface area contributed by atoms with Crippen molar-refractivity contribution in [3.63, 3.8) is 0 Å². The van der Waals surface area contributed by atoms with Gasteiger partial charge in [0, 0.05) is 6.92 Å². The van der Waals surface area contributed by atoms with Crippen LogP contribution >= 0.6 is 0 Å². The molecule has 1 N–H and O–H groups in total. The van der Waals surface area contributed by atoms with Gasteiger partial charge in [-0.1, -0.05) is 24.3 Å². The van der Waals surface area contributed by atoms with E-state index in [1.165, 1.54) is 6.92 Å². The number of para-hydroxylation sites is 2. The number of nitrogens with one attached hydrogen (secondary N) is 1. The van der Waals surface area contributed by atoms with E-state index < -0.39 is 0 Å². The Hall–Kier alpha value is -2.29. The molecule has 0 heterocycles. The van der Waals surface area contributed by atoms with Crippen LogP contribution in [-0.2, 0) is 4.79 Å². The lowest BCUT2D eigenvalue weighted by Crippen LogP contribution is -2.06. The van der Waals surface area contributed by atoms with E-state index >= 15 is 0 Å². The molecule has 0 bridgehead atoms. The number of anilines is 1. The first kappa shape index (κ1) is 12.2. The summed E-state index contributed by atoms with van der Waals surface area (Å²) in [4.78, 5) is 11.1. The third kappa shape index (κ3) is 3.10. The van der Waals surface area contributed by atoms with Gasteiger partial charge in [-0.3, -0.25) is 4.79 Å². The van der Waals surface area contributed by atoms with E-state index in [1.807, 2.05) is 55.5 Å². The van der Waals surface area contributed by atoms with Gasteiger partial charge in [0.1, 0.15) is 5.75 Å². The van der Waals surface area contributed by atoms with Crippen LogP contribution in [0, 0.1) is 6.92 Å². The van der Waals surface area contributed by atoms with Gasteiger partial charge in [-0.25, -0.2) is 0 Å². The summed E-state index contributed by atoms with van der Waals surface area (Å²) in [6.07, 6.45) is 0. The third-order valence-corrected chi connectivity index (χ3v) is 2.42. The molecule has 3 heteroatoms. The quantitative estimate of drug-likeness (QED) is 0.888. The summed E-state index contributed by atoms with van der Waals surface area (Å²) in [5.41, 5.74) is 1.80. The van der Waals surface area contributed by atoms with Gasteiger partial charge in [-0.05, 0) is 36.8 Å². The van der Waals surface area contributed by atoms with E-state index in [2.05, 4.69) is 5.32 Å². The van der Waals surface area contributed by atoms with Gasteiger partial charge in [-0.2, -0.15) is 0 Å². The third-order valence-electron chi connectivity index (χ3n) is 2.42. The van der Waals surface area contributed by atoms with Gasteiger partial charge in [-0.15, -0.1) is 0 Å². The number of benzene rings is 2. The number of aryl methyl sites for hydroxylation is 1. The van der Waals surface area contributed by atoms with Crippen molar-refractivity contribution in [1.82, 2.24) is 0 Å². The van der Waals surface area contributed by atoms with Crippen LogP contribution in [0.5, 0.6) is 11.5 Å². The van der Waals surface area contributed by atoms with Gasteiger partial charge in [0.2, 0.25) is 5.91 Å². The molecule has 0 aliphatic carbocycles. The molecule has 0 spiro atoms. The van der Waals surface area contributed by atoms with E-state index in [0.29, 0.717) is 11.4 Å². The van der Waals surface area contributed by atoms with Crippen molar-refractivity contribution >= 4 is 11.6 Å². The molecule has 0 atom stereocenters. The number of ether oxygens (including phenoxy) is 1. The number of rotatable bonds is 3. The van der Waals surface area contributed by atoms with Gasteiger partial charge < -0.3 is 10.1 Å². The van der Waals surface area contributed by atoms with Crippen LogP contribution in [0.2, 0.25) is 0 Å². The summed E-state index contributed by atoms with van der Waals surface area (Å²) in [5, 5.41) is 2.74. The Morgan fingerprint density at radius 2 is 1.89 bits per heavy atom.